The molecule has 1 aromatic carbocycles. The van der Waals surface area contributed by atoms with Crippen molar-refractivity contribution < 1.29 is 9.90 Å². The Kier molecular flexibility index (Phi) is 13.4. The molecular weight excluding hydrogens is 340 g/mol. The van der Waals surface area contributed by atoms with E-state index in [0.717, 1.165) is 24.2 Å². The summed E-state index contributed by atoms with van der Waals surface area (Å²) in [5.41, 5.74) is 0. The largest absolute Gasteiger partial charge is 0.549 e. The Labute approximate surface area is 165 Å². The fourth-order valence-electron chi connectivity index (χ4n) is 3.45. The van der Waals surface area contributed by atoms with Gasteiger partial charge in [-0.2, -0.15) is 0 Å². The fraction of sp³-hybridized carbons (Fsp3) is 0.696. The van der Waals surface area contributed by atoms with Gasteiger partial charge in [0.15, 0.2) is 0 Å². The average Bonchev–Trinajstić information content (AvgIpc) is 2.65. The van der Waals surface area contributed by atoms with Crippen molar-refractivity contribution in [3.8, 4) is 0 Å². The van der Waals surface area contributed by atoms with Crippen molar-refractivity contribution in [1.29, 1.82) is 0 Å². The van der Waals surface area contributed by atoms with Crippen LogP contribution in [0.3, 0.4) is 0 Å². The highest BCUT2D eigenvalue weighted by Gasteiger charge is 2.22. The van der Waals surface area contributed by atoms with Gasteiger partial charge in [-0.05, 0) is 24.5 Å². The summed E-state index contributed by atoms with van der Waals surface area (Å²) in [6, 6.07) is 9.83. The van der Waals surface area contributed by atoms with E-state index in [4.69, 9.17) is 0 Å². The summed E-state index contributed by atoms with van der Waals surface area (Å²) in [7, 11) is 0. The SMILES string of the molecule is CCCCCCCCCCCCC(CC)C(Sc1ccccc1)C(=O)[O-]. The number of carbonyl (C=O) groups excluding carboxylic acids is 1. The highest BCUT2D eigenvalue weighted by atomic mass is 32.2. The van der Waals surface area contributed by atoms with Gasteiger partial charge >= 0.3 is 0 Å². The highest BCUT2D eigenvalue weighted by Crippen LogP contribution is 2.32. The predicted octanol–water partition coefficient (Wildman–Crippen LogP) is 6.23. The maximum atomic E-state index is 11.7. The van der Waals surface area contributed by atoms with Gasteiger partial charge < -0.3 is 9.90 Å². The van der Waals surface area contributed by atoms with Crippen LogP contribution in [-0.2, 0) is 4.79 Å². The Bertz CT molecular complexity index is 461. The van der Waals surface area contributed by atoms with Gasteiger partial charge in [-0.1, -0.05) is 103 Å². The van der Waals surface area contributed by atoms with Crippen molar-refractivity contribution in [2.75, 3.05) is 0 Å². The van der Waals surface area contributed by atoms with Crippen LogP contribution in [0.2, 0.25) is 0 Å². The Hall–Kier alpha value is -0.960. The lowest BCUT2D eigenvalue weighted by atomic mass is 9.94. The first-order chi connectivity index (χ1) is 12.7. The second-order valence-corrected chi connectivity index (χ2v) is 8.52. The summed E-state index contributed by atoms with van der Waals surface area (Å²) in [6.45, 7) is 4.36. The van der Waals surface area contributed by atoms with Gasteiger partial charge in [0.1, 0.15) is 0 Å². The van der Waals surface area contributed by atoms with E-state index in [1.807, 2.05) is 30.3 Å². The van der Waals surface area contributed by atoms with Crippen LogP contribution in [-0.4, -0.2) is 11.2 Å². The Morgan fingerprint density at radius 3 is 1.92 bits per heavy atom. The molecule has 0 fully saturated rings. The molecule has 2 nitrogen and oxygen atoms in total. The van der Waals surface area contributed by atoms with E-state index in [1.54, 1.807) is 0 Å². The number of hydrogen-bond donors (Lipinski definition) is 0. The molecule has 0 N–H and O–H groups in total. The van der Waals surface area contributed by atoms with Gasteiger partial charge in [0.25, 0.3) is 0 Å². The minimum absolute atomic E-state index is 0.194. The first-order valence-electron chi connectivity index (χ1n) is 10.6. The summed E-state index contributed by atoms with van der Waals surface area (Å²) in [6.07, 6.45) is 15.0. The monoisotopic (exact) mass is 377 g/mol. The molecule has 3 heteroatoms. The first kappa shape index (κ1) is 23.1. The van der Waals surface area contributed by atoms with Gasteiger partial charge in [-0.15, -0.1) is 11.8 Å². The lowest BCUT2D eigenvalue weighted by molar-refractivity contribution is -0.305. The summed E-state index contributed by atoms with van der Waals surface area (Å²) < 4.78 is 0. The standard InChI is InChI=1S/C23H38O2S/c1-3-5-6-7-8-9-10-11-12-14-17-20(4-2)22(23(24)25)26-21-18-15-13-16-19-21/h13,15-16,18-20,22H,3-12,14,17H2,1-2H3,(H,24,25)/p-1. The molecule has 0 radical (unpaired) electrons. The molecule has 0 heterocycles. The highest BCUT2D eigenvalue weighted by molar-refractivity contribution is 8.00. The summed E-state index contributed by atoms with van der Waals surface area (Å²) >= 11 is 1.45. The van der Waals surface area contributed by atoms with E-state index in [1.165, 1.54) is 69.5 Å². The average molecular weight is 378 g/mol. The molecule has 2 atom stereocenters. The molecule has 26 heavy (non-hydrogen) atoms. The molecular formula is C23H37O2S-. The van der Waals surface area contributed by atoms with Crippen LogP contribution in [0.25, 0.3) is 0 Å². The molecule has 2 unspecified atom stereocenters. The van der Waals surface area contributed by atoms with Crippen molar-refractivity contribution in [2.45, 2.75) is 101 Å². The van der Waals surface area contributed by atoms with E-state index in [-0.39, 0.29) is 5.92 Å². The summed E-state index contributed by atoms with van der Waals surface area (Å²) in [5, 5.41) is 11.2. The minimum Gasteiger partial charge on any atom is -0.549 e. The van der Waals surface area contributed by atoms with E-state index in [2.05, 4.69) is 13.8 Å². The molecule has 0 amide bonds. The number of carboxylic acids is 1. The van der Waals surface area contributed by atoms with Crippen LogP contribution < -0.4 is 5.11 Å². The van der Waals surface area contributed by atoms with Crippen molar-refractivity contribution in [3.05, 3.63) is 30.3 Å². The molecule has 0 saturated carbocycles. The van der Waals surface area contributed by atoms with Crippen molar-refractivity contribution in [2.24, 2.45) is 5.92 Å². The molecule has 1 aromatic rings. The Morgan fingerprint density at radius 1 is 0.885 bits per heavy atom. The number of unbranched alkanes of at least 4 members (excludes halogenated alkanes) is 9. The van der Waals surface area contributed by atoms with Crippen LogP contribution >= 0.6 is 11.8 Å². The van der Waals surface area contributed by atoms with Gasteiger partial charge in [0, 0.05) is 4.90 Å². The third-order valence-corrected chi connectivity index (χ3v) is 6.50. The molecule has 0 aliphatic carbocycles. The van der Waals surface area contributed by atoms with E-state index in [9.17, 15) is 9.90 Å². The fourth-order valence-corrected chi connectivity index (χ4v) is 4.67. The van der Waals surface area contributed by atoms with Crippen LogP contribution in [0.15, 0.2) is 35.2 Å². The molecule has 0 aliphatic rings. The molecule has 148 valence electrons. The number of rotatable bonds is 16. The maximum absolute atomic E-state index is 11.7. The lowest BCUT2D eigenvalue weighted by Gasteiger charge is -2.26. The third-order valence-electron chi connectivity index (χ3n) is 5.12. The van der Waals surface area contributed by atoms with E-state index < -0.39 is 11.2 Å². The quantitative estimate of drug-likeness (QED) is 0.253. The van der Waals surface area contributed by atoms with Gasteiger partial charge in [0.2, 0.25) is 0 Å². The Balaban J connectivity index is 2.23. The Morgan fingerprint density at radius 2 is 1.42 bits per heavy atom. The zero-order valence-electron chi connectivity index (χ0n) is 16.8. The van der Waals surface area contributed by atoms with Gasteiger partial charge in [-0.3, -0.25) is 0 Å². The smallest absolute Gasteiger partial charge is 0.0551 e. The first-order valence-corrected chi connectivity index (χ1v) is 11.5. The van der Waals surface area contributed by atoms with Crippen molar-refractivity contribution >= 4 is 17.7 Å². The number of aliphatic carboxylic acids is 1. The normalized spacial score (nSPS) is 13.5. The lowest BCUT2D eigenvalue weighted by Crippen LogP contribution is -2.38. The maximum Gasteiger partial charge on any atom is 0.0551 e. The number of carbonyl (C=O) groups is 1. The molecule has 0 aromatic heterocycles. The molecule has 0 spiro atoms. The number of hydrogen-bond acceptors (Lipinski definition) is 3. The second-order valence-electron chi connectivity index (χ2n) is 7.31. The number of thioether (sulfide) groups is 1. The van der Waals surface area contributed by atoms with Crippen molar-refractivity contribution in [3.63, 3.8) is 0 Å². The summed E-state index contributed by atoms with van der Waals surface area (Å²) in [5.74, 6) is -0.725. The topological polar surface area (TPSA) is 40.1 Å². The molecule has 0 bridgehead atoms. The molecule has 0 saturated heterocycles. The third kappa shape index (κ3) is 10.3. The van der Waals surface area contributed by atoms with E-state index >= 15 is 0 Å². The summed E-state index contributed by atoms with van der Waals surface area (Å²) in [4.78, 5) is 12.7. The van der Waals surface area contributed by atoms with Gasteiger partial charge in [-0.25, -0.2) is 0 Å². The predicted molar refractivity (Wildman–Crippen MR) is 111 cm³/mol. The minimum atomic E-state index is -0.919. The molecule has 1 rings (SSSR count). The van der Waals surface area contributed by atoms with Crippen LogP contribution in [0.5, 0.6) is 0 Å². The molecule has 0 aliphatic heterocycles. The number of benzene rings is 1. The number of carboxylic acid groups (broad SMARTS) is 1. The zero-order valence-corrected chi connectivity index (χ0v) is 17.6. The van der Waals surface area contributed by atoms with Crippen LogP contribution in [0.1, 0.15) is 90.9 Å². The van der Waals surface area contributed by atoms with Gasteiger partial charge in [0.05, 0.1) is 11.2 Å². The van der Waals surface area contributed by atoms with E-state index in [0.29, 0.717) is 0 Å². The van der Waals surface area contributed by atoms with Crippen LogP contribution in [0.4, 0.5) is 0 Å². The van der Waals surface area contributed by atoms with Crippen LogP contribution in [0, 0.1) is 5.92 Å². The zero-order chi connectivity index (χ0) is 19.0. The van der Waals surface area contributed by atoms with Crippen molar-refractivity contribution in [1.82, 2.24) is 0 Å². The second kappa shape index (κ2) is 15.1.